The summed E-state index contributed by atoms with van der Waals surface area (Å²) in [4.78, 5) is -0.0111. The highest BCUT2D eigenvalue weighted by atomic mass is 32.2. The van der Waals surface area contributed by atoms with Gasteiger partial charge in [0, 0.05) is 17.7 Å². The monoisotopic (exact) mass is 390 g/mol. The number of aromatic nitrogens is 1. The van der Waals surface area contributed by atoms with Gasteiger partial charge in [0.15, 0.2) is 17.3 Å². The highest BCUT2D eigenvalue weighted by Crippen LogP contribution is 2.33. The van der Waals surface area contributed by atoms with Crippen molar-refractivity contribution in [2.75, 3.05) is 26.1 Å². The molecular weight excluding hydrogens is 372 g/mol. The van der Waals surface area contributed by atoms with Crippen LogP contribution in [0.2, 0.25) is 0 Å². The topological polar surface area (TPSA) is 99.9 Å². The lowest BCUT2D eigenvalue weighted by molar-refractivity contribution is 0.355. The number of benzene rings is 2. The minimum absolute atomic E-state index is 0.0111. The van der Waals surface area contributed by atoms with Crippen molar-refractivity contribution in [2.45, 2.75) is 4.90 Å². The predicted molar refractivity (Wildman–Crippen MR) is 98.8 cm³/mol. The molecule has 0 unspecified atom stereocenters. The molecule has 0 saturated carbocycles. The van der Waals surface area contributed by atoms with Crippen LogP contribution in [-0.2, 0) is 10.0 Å². The van der Waals surface area contributed by atoms with E-state index in [1.165, 1.54) is 39.7 Å². The quantitative estimate of drug-likeness (QED) is 0.661. The Balaban J connectivity index is 1.95. The van der Waals surface area contributed by atoms with Crippen molar-refractivity contribution >= 4 is 15.7 Å². The molecule has 8 nitrogen and oxygen atoms in total. The van der Waals surface area contributed by atoms with Crippen molar-refractivity contribution in [1.82, 2.24) is 5.16 Å². The Bertz CT molecular complexity index is 1030. The molecule has 2 aromatic carbocycles. The molecule has 3 aromatic rings. The molecule has 0 aliphatic carbocycles. The molecule has 0 spiro atoms. The fraction of sp³-hybridized carbons (Fsp3) is 0.167. The first-order valence-electron chi connectivity index (χ1n) is 7.82. The lowest BCUT2D eigenvalue weighted by atomic mass is 10.1. The summed E-state index contributed by atoms with van der Waals surface area (Å²) in [6, 6.07) is 11.0. The molecule has 0 saturated heterocycles. The molecule has 9 heteroatoms. The van der Waals surface area contributed by atoms with Crippen LogP contribution in [0.25, 0.3) is 11.3 Å². The van der Waals surface area contributed by atoms with E-state index in [4.69, 9.17) is 18.7 Å². The Morgan fingerprint density at radius 3 is 2.26 bits per heavy atom. The van der Waals surface area contributed by atoms with E-state index < -0.39 is 10.0 Å². The van der Waals surface area contributed by atoms with Crippen LogP contribution >= 0.6 is 0 Å². The summed E-state index contributed by atoms with van der Waals surface area (Å²) in [5, 5.41) is 3.64. The van der Waals surface area contributed by atoms with Crippen molar-refractivity contribution in [3.63, 3.8) is 0 Å². The van der Waals surface area contributed by atoms with Crippen molar-refractivity contribution in [3.8, 4) is 28.6 Å². The number of ether oxygens (including phenoxy) is 3. The van der Waals surface area contributed by atoms with E-state index in [-0.39, 0.29) is 10.6 Å². The van der Waals surface area contributed by atoms with Crippen LogP contribution in [0.4, 0.5) is 5.69 Å². The van der Waals surface area contributed by atoms with Gasteiger partial charge in [-0.25, -0.2) is 8.42 Å². The molecule has 0 aliphatic heterocycles. The van der Waals surface area contributed by atoms with Gasteiger partial charge < -0.3 is 18.7 Å². The SMILES string of the molecule is COc1ccc(NS(=O)(=O)c2ccc(-c3ccno3)cc2OC)cc1OC. The Labute approximate surface area is 156 Å². The molecule has 3 rings (SSSR count). The van der Waals surface area contributed by atoms with Crippen LogP contribution in [0.5, 0.6) is 17.2 Å². The van der Waals surface area contributed by atoms with E-state index in [0.717, 1.165) is 0 Å². The fourth-order valence-electron chi connectivity index (χ4n) is 2.52. The zero-order valence-corrected chi connectivity index (χ0v) is 15.7. The minimum Gasteiger partial charge on any atom is -0.495 e. The molecular formula is C18H18N2O6S. The molecule has 0 fully saturated rings. The molecule has 0 bridgehead atoms. The minimum atomic E-state index is -3.90. The van der Waals surface area contributed by atoms with E-state index >= 15 is 0 Å². The molecule has 0 amide bonds. The molecule has 1 N–H and O–H groups in total. The third-order valence-electron chi connectivity index (χ3n) is 3.81. The molecule has 0 atom stereocenters. The summed E-state index contributed by atoms with van der Waals surface area (Å²) in [5.41, 5.74) is 0.975. The van der Waals surface area contributed by atoms with E-state index in [9.17, 15) is 8.42 Å². The van der Waals surface area contributed by atoms with Crippen molar-refractivity contribution in [1.29, 1.82) is 0 Å². The number of anilines is 1. The van der Waals surface area contributed by atoms with E-state index in [1.807, 2.05) is 0 Å². The van der Waals surface area contributed by atoms with Crippen LogP contribution in [0, 0.1) is 0 Å². The van der Waals surface area contributed by atoms with Crippen LogP contribution in [-0.4, -0.2) is 34.9 Å². The fourth-order valence-corrected chi connectivity index (χ4v) is 3.72. The van der Waals surface area contributed by atoms with Crippen LogP contribution in [0.15, 0.2) is 58.1 Å². The number of nitrogens with one attached hydrogen (secondary N) is 1. The third-order valence-corrected chi connectivity index (χ3v) is 5.23. The maximum atomic E-state index is 12.8. The molecule has 1 heterocycles. The van der Waals surface area contributed by atoms with Crippen LogP contribution in [0.1, 0.15) is 0 Å². The van der Waals surface area contributed by atoms with Gasteiger partial charge in [-0.1, -0.05) is 5.16 Å². The Morgan fingerprint density at radius 2 is 1.63 bits per heavy atom. The van der Waals surface area contributed by atoms with Crippen molar-refractivity contribution in [3.05, 3.63) is 48.7 Å². The average Bonchev–Trinajstić information content (AvgIpc) is 3.21. The maximum absolute atomic E-state index is 12.8. The lowest BCUT2D eigenvalue weighted by Crippen LogP contribution is -2.14. The second-order valence-corrected chi connectivity index (χ2v) is 7.07. The van der Waals surface area contributed by atoms with E-state index in [0.29, 0.717) is 28.5 Å². The number of methoxy groups -OCH3 is 3. The van der Waals surface area contributed by atoms with Crippen molar-refractivity contribution < 1.29 is 27.2 Å². The first-order chi connectivity index (χ1) is 13.0. The summed E-state index contributed by atoms with van der Waals surface area (Å²) in [6.07, 6.45) is 1.51. The second-order valence-electron chi connectivity index (χ2n) is 5.42. The molecule has 1 aromatic heterocycles. The van der Waals surface area contributed by atoms with Crippen LogP contribution < -0.4 is 18.9 Å². The standard InChI is InChI=1S/C18H18N2O6S/c1-23-15-6-5-13(11-16(15)24-2)20-27(21,22)18-7-4-12(10-17(18)25-3)14-8-9-19-26-14/h4-11,20H,1-3H3. The zero-order chi connectivity index (χ0) is 19.4. The van der Waals surface area contributed by atoms with Gasteiger partial charge in [0.25, 0.3) is 10.0 Å². The third kappa shape index (κ3) is 3.82. The molecule has 0 aliphatic rings. The summed E-state index contributed by atoms with van der Waals surface area (Å²) in [6.45, 7) is 0. The normalized spacial score (nSPS) is 11.1. The molecule has 27 heavy (non-hydrogen) atoms. The van der Waals surface area contributed by atoms with Gasteiger partial charge in [0.2, 0.25) is 0 Å². The van der Waals surface area contributed by atoms with E-state index in [2.05, 4.69) is 9.88 Å². The number of hydrogen-bond donors (Lipinski definition) is 1. The highest BCUT2D eigenvalue weighted by molar-refractivity contribution is 7.92. The first kappa shape index (κ1) is 18.6. The number of nitrogens with zero attached hydrogens (tertiary/aromatic N) is 1. The largest absolute Gasteiger partial charge is 0.495 e. The Hall–Kier alpha value is -3.20. The Kier molecular flexibility index (Phi) is 5.22. The number of hydrogen-bond acceptors (Lipinski definition) is 7. The average molecular weight is 390 g/mol. The maximum Gasteiger partial charge on any atom is 0.265 e. The van der Waals surface area contributed by atoms with Gasteiger partial charge >= 0.3 is 0 Å². The zero-order valence-electron chi connectivity index (χ0n) is 14.9. The highest BCUT2D eigenvalue weighted by Gasteiger charge is 2.21. The number of sulfonamides is 1. The van der Waals surface area contributed by atoms with Gasteiger partial charge in [-0.3, -0.25) is 4.72 Å². The van der Waals surface area contributed by atoms with Crippen LogP contribution in [0.3, 0.4) is 0 Å². The molecule has 0 radical (unpaired) electrons. The van der Waals surface area contributed by atoms with E-state index in [1.54, 1.807) is 30.3 Å². The van der Waals surface area contributed by atoms with Gasteiger partial charge in [-0.2, -0.15) is 0 Å². The van der Waals surface area contributed by atoms with Gasteiger partial charge in [-0.15, -0.1) is 0 Å². The van der Waals surface area contributed by atoms with Gasteiger partial charge in [-0.05, 0) is 30.3 Å². The summed E-state index contributed by atoms with van der Waals surface area (Å²) in [7, 11) is 0.470. The summed E-state index contributed by atoms with van der Waals surface area (Å²) >= 11 is 0. The summed E-state index contributed by atoms with van der Waals surface area (Å²) < 4.78 is 48.9. The number of rotatable bonds is 7. The van der Waals surface area contributed by atoms with Crippen molar-refractivity contribution in [2.24, 2.45) is 0 Å². The molecule has 142 valence electrons. The summed E-state index contributed by atoms with van der Waals surface area (Å²) in [5.74, 6) is 1.58. The lowest BCUT2D eigenvalue weighted by Gasteiger charge is -2.14. The Morgan fingerprint density at radius 1 is 0.889 bits per heavy atom. The van der Waals surface area contributed by atoms with Gasteiger partial charge in [0.05, 0.1) is 33.2 Å². The predicted octanol–water partition coefficient (Wildman–Crippen LogP) is 3.17. The van der Waals surface area contributed by atoms with Gasteiger partial charge in [0.1, 0.15) is 10.6 Å². The smallest absolute Gasteiger partial charge is 0.265 e. The second kappa shape index (κ2) is 7.58. The first-order valence-corrected chi connectivity index (χ1v) is 9.30.